The SMILES string of the molecule is CCCn1nc(-c2ccc(O)c(O)c2)c2cccc(F)c21. The third kappa shape index (κ3) is 2.20. The van der Waals surface area contributed by atoms with Crippen LogP contribution in [0.25, 0.3) is 22.2 Å². The van der Waals surface area contributed by atoms with Gasteiger partial charge in [0.15, 0.2) is 11.5 Å². The first-order valence-corrected chi connectivity index (χ1v) is 6.79. The van der Waals surface area contributed by atoms with E-state index in [1.807, 2.05) is 6.92 Å². The Kier molecular flexibility index (Phi) is 3.25. The fourth-order valence-electron chi connectivity index (χ4n) is 2.45. The molecule has 4 nitrogen and oxygen atoms in total. The van der Waals surface area contributed by atoms with Gasteiger partial charge in [-0.25, -0.2) is 4.39 Å². The highest BCUT2D eigenvalue weighted by Crippen LogP contribution is 2.34. The smallest absolute Gasteiger partial charge is 0.158 e. The Morgan fingerprint density at radius 1 is 1.14 bits per heavy atom. The molecule has 0 atom stereocenters. The topological polar surface area (TPSA) is 58.3 Å². The second-order valence-corrected chi connectivity index (χ2v) is 4.91. The van der Waals surface area contributed by atoms with Gasteiger partial charge in [-0.2, -0.15) is 5.10 Å². The minimum atomic E-state index is -0.317. The summed E-state index contributed by atoms with van der Waals surface area (Å²) in [5.74, 6) is -0.730. The van der Waals surface area contributed by atoms with Crippen LogP contribution >= 0.6 is 0 Å². The number of hydrogen-bond donors (Lipinski definition) is 2. The van der Waals surface area contributed by atoms with Gasteiger partial charge in [-0.1, -0.05) is 19.1 Å². The Morgan fingerprint density at radius 2 is 1.95 bits per heavy atom. The molecule has 5 heteroatoms. The van der Waals surface area contributed by atoms with E-state index in [2.05, 4.69) is 5.10 Å². The fourth-order valence-corrected chi connectivity index (χ4v) is 2.45. The van der Waals surface area contributed by atoms with E-state index in [0.717, 1.165) is 6.42 Å². The highest BCUT2D eigenvalue weighted by atomic mass is 19.1. The summed E-state index contributed by atoms with van der Waals surface area (Å²) in [6.07, 6.45) is 0.839. The second-order valence-electron chi connectivity index (χ2n) is 4.91. The maximum Gasteiger partial charge on any atom is 0.158 e. The first kappa shape index (κ1) is 13.4. The summed E-state index contributed by atoms with van der Waals surface area (Å²) < 4.78 is 15.7. The minimum Gasteiger partial charge on any atom is -0.504 e. The van der Waals surface area contributed by atoms with Gasteiger partial charge in [0.05, 0.1) is 0 Å². The zero-order valence-corrected chi connectivity index (χ0v) is 11.5. The number of phenolic OH excluding ortho intramolecular Hbond substituents is 2. The van der Waals surface area contributed by atoms with E-state index in [1.165, 1.54) is 18.2 Å². The summed E-state index contributed by atoms with van der Waals surface area (Å²) in [5.41, 5.74) is 1.69. The first-order valence-electron chi connectivity index (χ1n) is 6.79. The van der Waals surface area contributed by atoms with Gasteiger partial charge in [-0.15, -0.1) is 0 Å². The molecule has 2 N–H and O–H groups in total. The average Bonchev–Trinajstić information content (AvgIpc) is 2.83. The Hall–Kier alpha value is -2.56. The molecule has 0 bridgehead atoms. The second kappa shape index (κ2) is 5.09. The molecule has 1 heterocycles. The zero-order valence-electron chi connectivity index (χ0n) is 11.5. The molecule has 0 saturated carbocycles. The Bertz CT molecular complexity index is 811. The fraction of sp³-hybridized carbons (Fsp3) is 0.188. The van der Waals surface area contributed by atoms with Crippen LogP contribution in [0, 0.1) is 5.82 Å². The van der Waals surface area contributed by atoms with Crippen LogP contribution < -0.4 is 0 Å². The Morgan fingerprint density at radius 3 is 2.67 bits per heavy atom. The van der Waals surface area contributed by atoms with E-state index in [4.69, 9.17) is 0 Å². The van der Waals surface area contributed by atoms with E-state index < -0.39 is 0 Å². The van der Waals surface area contributed by atoms with Gasteiger partial charge in [-0.3, -0.25) is 4.68 Å². The highest BCUT2D eigenvalue weighted by Gasteiger charge is 2.16. The van der Waals surface area contributed by atoms with Gasteiger partial charge in [0.1, 0.15) is 17.0 Å². The predicted molar refractivity (Wildman–Crippen MR) is 78.7 cm³/mol. The summed E-state index contributed by atoms with van der Waals surface area (Å²) in [7, 11) is 0. The monoisotopic (exact) mass is 286 g/mol. The van der Waals surface area contributed by atoms with Gasteiger partial charge < -0.3 is 10.2 Å². The lowest BCUT2D eigenvalue weighted by Gasteiger charge is -2.01. The molecule has 0 aliphatic heterocycles. The molecule has 0 spiro atoms. The quantitative estimate of drug-likeness (QED) is 0.722. The maximum atomic E-state index is 14.1. The number of para-hydroxylation sites is 1. The van der Waals surface area contributed by atoms with E-state index in [9.17, 15) is 14.6 Å². The van der Waals surface area contributed by atoms with Crippen molar-refractivity contribution in [2.45, 2.75) is 19.9 Å². The number of rotatable bonds is 3. The molecule has 0 radical (unpaired) electrons. The Labute approximate surface area is 121 Å². The van der Waals surface area contributed by atoms with Crippen molar-refractivity contribution in [3.63, 3.8) is 0 Å². The molecule has 0 unspecified atom stereocenters. The molecule has 1 aromatic heterocycles. The predicted octanol–water partition coefficient (Wildman–Crippen LogP) is 3.66. The lowest BCUT2D eigenvalue weighted by atomic mass is 10.1. The standard InChI is InChI=1S/C16H15FN2O2/c1-2-8-19-16-11(4-3-5-12(16)17)15(18-19)10-6-7-13(20)14(21)9-10/h3-7,9,20-21H,2,8H2,1H3. The molecular weight excluding hydrogens is 271 g/mol. The molecule has 2 aromatic carbocycles. The molecule has 21 heavy (non-hydrogen) atoms. The van der Waals surface area contributed by atoms with Gasteiger partial charge in [0.25, 0.3) is 0 Å². The van der Waals surface area contributed by atoms with Crippen LogP contribution in [0.5, 0.6) is 11.5 Å². The third-order valence-electron chi connectivity index (χ3n) is 3.40. The summed E-state index contributed by atoms with van der Waals surface area (Å²) in [6, 6.07) is 9.33. The van der Waals surface area contributed by atoms with Crippen LogP contribution in [0.4, 0.5) is 4.39 Å². The van der Waals surface area contributed by atoms with Crippen molar-refractivity contribution in [2.24, 2.45) is 0 Å². The van der Waals surface area contributed by atoms with Crippen LogP contribution in [0.15, 0.2) is 36.4 Å². The van der Waals surface area contributed by atoms with Crippen molar-refractivity contribution in [3.05, 3.63) is 42.2 Å². The summed E-state index contributed by atoms with van der Waals surface area (Å²) in [5, 5.41) is 24.2. The number of aromatic hydroxyl groups is 2. The van der Waals surface area contributed by atoms with Crippen LogP contribution in [0.2, 0.25) is 0 Å². The molecule has 108 valence electrons. The molecule has 0 amide bonds. The molecule has 0 fully saturated rings. The number of benzene rings is 2. The number of halogens is 1. The van der Waals surface area contributed by atoms with Crippen molar-refractivity contribution in [3.8, 4) is 22.8 Å². The van der Waals surface area contributed by atoms with Gasteiger partial charge in [0, 0.05) is 17.5 Å². The van der Waals surface area contributed by atoms with Crippen LogP contribution in [0.3, 0.4) is 0 Å². The largest absolute Gasteiger partial charge is 0.504 e. The van der Waals surface area contributed by atoms with Gasteiger partial charge in [0.2, 0.25) is 0 Å². The van der Waals surface area contributed by atoms with E-state index >= 15 is 0 Å². The average molecular weight is 286 g/mol. The van der Waals surface area contributed by atoms with Crippen LogP contribution in [-0.2, 0) is 6.54 Å². The van der Waals surface area contributed by atoms with Crippen molar-refractivity contribution in [2.75, 3.05) is 0 Å². The molecule has 0 aliphatic carbocycles. The number of nitrogens with zero attached hydrogens (tertiary/aromatic N) is 2. The number of aryl methyl sites for hydroxylation is 1. The van der Waals surface area contributed by atoms with Crippen molar-refractivity contribution in [1.29, 1.82) is 0 Å². The summed E-state index contributed by atoms with van der Waals surface area (Å²) >= 11 is 0. The molecular formula is C16H15FN2O2. The molecule has 0 aliphatic rings. The number of hydrogen-bond acceptors (Lipinski definition) is 3. The third-order valence-corrected chi connectivity index (χ3v) is 3.40. The number of phenols is 2. The van der Waals surface area contributed by atoms with E-state index in [1.54, 1.807) is 22.9 Å². The van der Waals surface area contributed by atoms with Gasteiger partial charge in [-0.05, 0) is 30.7 Å². The lowest BCUT2D eigenvalue weighted by Crippen LogP contribution is -2.00. The van der Waals surface area contributed by atoms with Crippen molar-refractivity contribution < 1.29 is 14.6 Å². The van der Waals surface area contributed by atoms with Gasteiger partial charge >= 0.3 is 0 Å². The summed E-state index contributed by atoms with van der Waals surface area (Å²) in [6.45, 7) is 2.61. The van der Waals surface area contributed by atoms with Crippen molar-refractivity contribution in [1.82, 2.24) is 9.78 Å². The number of aromatic nitrogens is 2. The normalized spacial score (nSPS) is 11.1. The van der Waals surface area contributed by atoms with Crippen molar-refractivity contribution >= 4 is 10.9 Å². The zero-order chi connectivity index (χ0) is 15.0. The van der Waals surface area contributed by atoms with E-state index in [-0.39, 0.29) is 17.3 Å². The first-order chi connectivity index (χ1) is 10.1. The van der Waals surface area contributed by atoms with E-state index in [0.29, 0.717) is 28.7 Å². The van der Waals surface area contributed by atoms with Crippen LogP contribution in [0.1, 0.15) is 13.3 Å². The highest BCUT2D eigenvalue weighted by molar-refractivity contribution is 5.94. The Balaban J connectivity index is 2.27. The lowest BCUT2D eigenvalue weighted by molar-refractivity contribution is 0.404. The minimum absolute atomic E-state index is 0.192. The maximum absolute atomic E-state index is 14.1. The molecule has 0 saturated heterocycles. The van der Waals surface area contributed by atoms with Crippen LogP contribution in [-0.4, -0.2) is 20.0 Å². The number of fused-ring (bicyclic) bond motifs is 1. The molecule has 3 rings (SSSR count). The molecule has 3 aromatic rings. The summed E-state index contributed by atoms with van der Waals surface area (Å²) in [4.78, 5) is 0.